The zero-order chi connectivity index (χ0) is 11.0. The fourth-order valence-corrected chi connectivity index (χ4v) is 2.87. The molecule has 1 N–H and O–H groups in total. The zero-order valence-electron chi connectivity index (χ0n) is 9.44. The van der Waals surface area contributed by atoms with Gasteiger partial charge in [0, 0.05) is 12.7 Å². The van der Waals surface area contributed by atoms with Crippen molar-refractivity contribution in [1.82, 2.24) is 10.3 Å². The first-order valence-electron chi connectivity index (χ1n) is 5.86. The second-order valence-electron chi connectivity index (χ2n) is 4.75. The molecule has 0 spiro atoms. The summed E-state index contributed by atoms with van der Waals surface area (Å²) in [4.78, 5) is 4.44. The lowest BCUT2D eigenvalue weighted by molar-refractivity contribution is 0.611. The average Bonchev–Trinajstić information content (AvgIpc) is 2.80. The maximum absolute atomic E-state index is 4.44. The van der Waals surface area contributed by atoms with Crippen LogP contribution in [0.1, 0.15) is 18.9 Å². The summed E-state index contributed by atoms with van der Waals surface area (Å²) in [7, 11) is 0. The summed E-state index contributed by atoms with van der Waals surface area (Å²) in [6.45, 7) is 4.43. The van der Waals surface area contributed by atoms with Crippen molar-refractivity contribution < 1.29 is 0 Å². The first-order valence-corrected chi connectivity index (χ1v) is 6.74. The highest BCUT2D eigenvalue weighted by molar-refractivity contribution is 7.17. The Hall–Kier alpha value is -0.930. The van der Waals surface area contributed by atoms with E-state index in [1.807, 2.05) is 6.20 Å². The van der Waals surface area contributed by atoms with Crippen molar-refractivity contribution in [2.75, 3.05) is 6.54 Å². The summed E-state index contributed by atoms with van der Waals surface area (Å²) in [6, 6.07) is 4.32. The van der Waals surface area contributed by atoms with Crippen LogP contribution in [0.4, 0.5) is 0 Å². The number of thiophene rings is 1. The summed E-state index contributed by atoms with van der Waals surface area (Å²) in [5.74, 6) is 1.85. The number of fused-ring (bicyclic) bond motifs is 1. The highest BCUT2D eigenvalue weighted by Crippen LogP contribution is 2.36. The lowest BCUT2D eigenvalue weighted by atomic mass is 10.2. The molecule has 16 heavy (non-hydrogen) atoms. The van der Waals surface area contributed by atoms with Gasteiger partial charge in [0.2, 0.25) is 0 Å². The Kier molecular flexibility index (Phi) is 2.65. The highest BCUT2D eigenvalue weighted by Gasteiger charge is 2.31. The molecular formula is C13H16N2S. The number of rotatable bonds is 4. The fraction of sp³-hybridized carbons (Fsp3) is 0.462. The monoisotopic (exact) mass is 232 g/mol. The second kappa shape index (κ2) is 4.15. The molecule has 2 aromatic rings. The maximum Gasteiger partial charge on any atom is 0.0809 e. The second-order valence-corrected chi connectivity index (χ2v) is 5.70. The van der Waals surface area contributed by atoms with Gasteiger partial charge in [0.15, 0.2) is 0 Å². The molecule has 1 saturated carbocycles. The lowest BCUT2D eigenvalue weighted by Gasteiger charge is -2.03. The number of nitrogens with zero attached hydrogens (tertiary/aromatic N) is 1. The van der Waals surface area contributed by atoms with E-state index in [0.717, 1.165) is 30.4 Å². The van der Waals surface area contributed by atoms with Crippen LogP contribution in [0.15, 0.2) is 23.7 Å². The third-order valence-electron chi connectivity index (χ3n) is 3.37. The van der Waals surface area contributed by atoms with Crippen LogP contribution in [0, 0.1) is 11.8 Å². The van der Waals surface area contributed by atoms with Gasteiger partial charge in [-0.05, 0) is 47.9 Å². The molecule has 0 saturated heterocycles. The van der Waals surface area contributed by atoms with E-state index in [9.17, 15) is 0 Å². The number of aromatic nitrogens is 1. The van der Waals surface area contributed by atoms with E-state index in [2.05, 4.69) is 34.7 Å². The molecular weight excluding hydrogens is 216 g/mol. The van der Waals surface area contributed by atoms with Crippen LogP contribution in [0.2, 0.25) is 0 Å². The van der Waals surface area contributed by atoms with Gasteiger partial charge in [-0.2, -0.15) is 0 Å². The van der Waals surface area contributed by atoms with Crippen molar-refractivity contribution in [3.8, 4) is 0 Å². The van der Waals surface area contributed by atoms with Gasteiger partial charge < -0.3 is 5.32 Å². The van der Waals surface area contributed by atoms with E-state index < -0.39 is 0 Å². The van der Waals surface area contributed by atoms with E-state index in [4.69, 9.17) is 0 Å². The van der Waals surface area contributed by atoms with Crippen molar-refractivity contribution >= 4 is 21.6 Å². The molecule has 2 heterocycles. The number of hydrogen-bond acceptors (Lipinski definition) is 3. The van der Waals surface area contributed by atoms with Crippen molar-refractivity contribution in [2.45, 2.75) is 19.9 Å². The van der Waals surface area contributed by atoms with E-state index >= 15 is 0 Å². The Bertz CT molecular complexity index is 491. The third kappa shape index (κ3) is 2.11. The SMILES string of the molecule is CC1CC1CNCc1cnc2ccsc2c1. The summed E-state index contributed by atoms with van der Waals surface area (Å²) < 4.78 is 1.29. The first-order chi connectivity index (χ1) is 7.83. The van der Waals surface area contributed by atoms with Gasteiger partial charge in [0.05, 0.1) is 10.2 Å². The van der Waals surface area contributed by atoms with Gasteiger partial charge in [-0.15, -0.1) is 11.3 Å². The number of nitrogens with one attached hydrogen (secondary N) is 1. The molecule has 1 fully saturated rings. The summed E-state index contributed by atoms with van der Waals surface area (Å²) in [5, 5.41) is 5.61. The molecule has 0 radical (unpaired) electrons. The predicted octanol–water partition coefficient (Wildman–Crippen LogP) is 3.04. The van der Waals surface area contributed by atoms with Gasteiger partial charge >= 0.3 is 0 Å². The molecule has 2 unspecified atom stereocenters. The molecule has 0 amide bonds. The van der Waals surface area contributed by atoms with Crippen LogP contribution < -0.4 is 5.32 Å². The van der Waals surface area contributed by atoms with Gasteiger partial charge in [-0.1, -0.05) is 6.92 Å². The van der Waals surface area contributed by atoms with Gasteiger partial charge in [0.25, 0.3) is 0 Å². The zero-order valence-corrected chi connectivity index (χ0v) is 10.3. The molecule has 0 aromatic carbocycles. The topological polar surface area (TPSA) is 24.9 Å². The van der Waals surface area contributed by atoms with Gasteiger partial charge in [-0.3, -0.25) is 4.98 Å². The van der Waals surface area contributed by atoms with E-state index in [-0.39, 0.29) is 0 Å². The molecule has 3 heteroatoms. The van der Waals surface area contributed by atoms with Crippen molar-refractivity contribution in [3.63, 3.8) is 0 Å². The van der Waals surface area contributed by atoms with E-state index in [1.165, 1.54) is 16.7 Å². The molecule has 3 rings (SSSR count). The normalized spacial score (nSPS) is 23.8. The van der Waals surface area contributed by atoms with Crippen LogP contribution in [-0.2, 0) is 6.54 Å². The molecule has 84 valence electrons. The van der Waals surface area contributed by atoms with Gasteiger partial charge in [-0.25, -0.2) is 0 Å². The number of pyridine rings is 1. The smallest absolute Gasteiger partial charge is 0.0809 e. The molecule has 0 aliphatic heterocycles. The van der Waals surface area contributed by atoms with Crippen LogP contribution in [0.25, 0.3) is 10.2 Å². The highest BCUT2D eigenvalue weighted by atomic mass is 32.1. The Balaban J connectivity index is 1.60. The Labute approximate surface area is 99.7 Å². The predicted molar refractivity (Wildman–Crippen MR) is 68.6 cm³/mol. The Morgan fingerprint density at radius 1 is 1.56 bits per heavy atom. The molecule has 2 nitrogen and oxygen atoms in total. The maximum atomic E-state index is 4.44. The minimum absolute atomic E-state index is 0.915. The van der Waals surface area contributed by atoms with Crippen molar-refractivity contribution in [1.29, 1.82) is 0 Å². The average molecular weight is 232 g/mol. The minimum Gasteiger partial charge on any atom is -0.312 e. The summed E-state index contributed by atoms with van der Waals surface area (Å²) in [6.07, 6.45) is 3.38. The molecule has 2 atom stereocenters. The first kappa shape index (κ1) is 10.2. The van der Waals surface area contributed by atoms with Crippen LogP contribution in [0.5, 0.6) is 0 Å². The van der Waals surface area contributed by atoms with Crippen molar-refractivity contribution in [3.05, 3.63) is 29.3 Å². The minimum atomic E-state index is 0.915. The Morgan fingerprint density at radius 3 is 3.25 bits per heavy atom. The quantitative estimate of drug-likeness (QED) is 0.876. The van der Waals surface area contributed by atoms with Crippen LogP contribution >= 0.6 is 11.3 Å². The molecule has 0 bridgehead atoms. The van der Waals surface area contributed by atoms with Crippen LogP contribution in [0.3, 0.4) is 0 Å². The summed E-state index contributed by atoms with van der Waals surface area (Å²) >= 11 is 1.76. The van der Waals surface area contributed by atoms with E-state index in [1.54, 1.807) is 11.3 Å². The largest absolute Gasteiger partial charge is 0.312 e. The van der Waals surface area contributed by atoms with Crippen molar-refractivity contribution in [2.24, 2.45) is 11.8 Å². The molecule has 1 aliphatic carbocycles. The fourth-order valence-electron chi connectivity index (χ4n) is 2.07. The standard InChI is InChI=1S/C13H16N2S/c1-9-4-11(9)8-14-6-10-5-13-12(15-7-10)2-3-16-13/h2-3,5,7,9,11,14H,4,6,8H2,1H3. The molecule has 1 aliphatic rings. The molecule has 2 aromatic heterocycles. The van der Waals surface area contributed by atoms with Crippen LogP contribution in [-0.4, -0.2) is 11.5 Å². The lowest BCUT2D eigenvalue weighted by Crippen LogP contribution is -2.16. The van der Waals surface area contributed by atoms with Gasteiger partial charge in [0.1, 0.15) is 0 Å². The number of hydrogen-bond donors (Lipinski definition) is 1. The third-order valence-corrected chi connectivity index (χ3v) is 4.22. The van der Waals surface area contributed by atoms with E-state index in [0.29, 0.717) is 0 Å². The Morgan fingerprint density at radius 2 is 2.44 bits per heavy atom. The summed E-state index contributed by atoms with van der Waals surface area (Å²) in [5.41, 5.74) is 2.41.